The molecule has 1 amide bonds. The Morgan fingerprint density at radius 2 is 1.68 bits per heavy atom. The lowest BCUT2D eigenvalue weighted by molar-refractivity contribution is 0.0930. The lowest BCUT2D eigenvalue weighted by Gasteiger charge is -2.18. The highest BCUT2D eigenvalue weighted by molar-refractivity contribution is 7.92. The Bertz CT molecular complexity index is 852. The highest BCUT2D eigenvalue weighted by Crippen LogP contribution is 2.23. The molecule has 0 aromatic heterocycles. The predicted octanol–water partition coefficient (Wildman–Crippen LogP) is 3.92. The third kappa shape index (κ3) is 4.96. The molecule has 7 heteroatoms. The van der Waals surface area contributed by atoms with Crippen molar-refractivity contribution in [2.24, 2.45) is 5.92 Å². The van der Waals surface area contributed by atoms with Crippen LogP contribution in [0, 0.1) is 5.92 Å². The van der Waals surface area contributed by atoms with Crippen LogP contribution in [-0.2, 0) is 10.0 Å². The lowest BCUT2D eigenvalue weighted by Crippen LogP contribution is -2.36. The summed E-state index contributed by atoms with van der Waals surface area (Å²) in [6.07, 6.45) is 0. The van der Waals surface area contributed by atoms with Crippen molar-refractivity contribution in [2.75, 3.05) is 4.72 Å². The number of halogens is 1. The molecule has 2 N–H and O–H groups in total. The van der Waals surface area contributed by atoms with E-state index in [-0.39, 0.29) is 21.9 Å². The van der Waals surface area contributed by atoms with E-state index in [0.717, 1.165) is 0 Å². The fourth-order valence-corrected chi connectivity index (χ4v) is 3.36. The number of nitrogens with one attached hydrogen (secondary N) is 2. The van der Waals surface area contributed by atoms with Crippen LogP contribution in [0.5, 0.6) is 0 Å². The first-order chi connectivity index (χ1) is 11.7. The van der Waals surface area contributed by atoms with E-state index in [2.05, 4.69) is 10.0 Å². The van der Waals surface area contributed by atoms with Crippen molar-refractivity contribution in [3.05, 3.63) is 59.1 Å². The molecule has 0 aliphatic rings. The van der Waals surface area contributed by atoms with Gasteiger partial charge in [0, 0.05) is 6.04 Å². The lowest BCUT2D eigenvalue weighted by atomic mass is 10.1. The molecule has 0 saturated carbocycles. The second-order valence-electron chi connectivity index (χ2n) is 6.12. The largest absolute Gasteiger partial charge is 0.349 e. The summed E-state index contributed by atoms with van der Waals surface area (Å²) in [6, 6.07) is 12.5. The van der Waals surface area contributed by atoms with Gasteiger partial charge in [-0.05, 0) is 43.2 Å². The number of sulfonamides is 1. The van der Waals surface area contributed by atoms with Gasteiger partial charge >= 0.3 is 0 Å². The normalized spacial score (nSPS) is 12.7. The number of rotatable bonds is 6. The molecule has 0 spiro atoms. The minimum absolute atomic E-state index is 0.000161. The molecule has 0 radical (unpaired) electrons. The van der Waals surface area contributed by atoms with E-state index in [1.54, 1.807) is 18.2 Å². The van der Waals surface area contributed by atoms with Gasteiger partial charge in [-0.2, -0.15) is 0 Å². The molecule has 0 unspecified atom stereocenters. The van der Waals surface area contributed by atoms with Crippen molar-refractivity contribution in [1.82, 2.24) is 5.32 Å². The molecule has 2 aromatic rings. The summed E-state index contributed by atoms with van der Waals surface area (Å²) >= 11 is 6.17. The molecule has 2 rings (SSSR count). The monoisotopic (exact) mass is 380 g/mol. The van der Waals surface area contributed by atoms with Crippen molar-refractivity contribution < 1.29 is 13.2 Å². The van der Waals surface area contributed by atoms with Crippen molar-refractivity contribution in [2.45, 2.75) is 31.7 Å². The van der Waals surface area contributed by atoms with Gasteiger partial charge in [-0.3, -0.25) is 9.52 Å². The van der Waals surface area contributed by atoms with Gasteiger partial charge in [-0.1, -0.05) is 43.6 Å². The second-order valence-corrected chi connectivity index (χ2v) is 8.21. The quantitative estimate of drug-likeness (QED) is 0.797. The first kappa shape index (κ1) is 19.3. The van der Waals surface area contributed by atoms with Crippen LogP contribution in [0.15, 0.2) is 53.4 Å². The van der Waals surface area contributed by atoms with Crippen LogP contribution in [0.25, 0.3) is 0 Å². The van der Waals surface area contributed by atoms with Gasteiger partial charge in [0.05, 0.1) is 21.2 Å². The average Bonchev–Trinajstić information content (AvgIpc) is 2.55. The number of benzene rings is 2. The topological polar surface area (TPSA) is 75.3 Å². The number of hydrogen-bond donors (Lipinski definition) is 2. The number of hydrogen-bond acceptors (Lipinski definition) is 3. The third-order valence-corrected chi connectivity index (χ3v) is 5.59. The predicted molar refractivity (Wildman–Crippen MR) is 100 cm³/mol. The van der Waals surface area contributed by atoms with E-state index in [1.165, 1.54) is 30.3 Å². The molecule has 134 valence electrons. The first-order valence-electron chi connectivity index (χ1n) is 7.89. The minimum Gasteiger partial charge on any atom is -0.349 e. The van der Waals surface area contributed by atoms with Gasteiger partial charge < -0.3 is 5.32 Å². The Morgan fingerprint density at radius 1 is 1.04 bits per heavy atom. The van der Waals surface area contributed by atoms with E-state index in [9.17, 15) is 13.2 Å². The van der Waals surface area contributed by atoms with Crippen molar-refractivity contribution >= 4 is 33.2 Å². The zero-order valence-corrected chi connectivity index (χ0v) is 15.9. The van der Waals surface area contributed by atoms with Crippen molar-refractivity contribution in [1.29, 1.82) is 0 Å². The number of amides is 1. The molecule has 0 fully saturated rings. The van der Waals surface area contributed by atoms with E-state index in [4.69, 9.17) is 11.6 Å². The van der Waals surface area contributed by atoms with Crippen LogP contribution in [-0.4, -0.2) is 20.4 Å². The zero-order chi connectivity index (χ0) is 18.6. The molecule has 0 aliphatic carbocycles. The highest BCUT2D eigenvalue weighted by atomic mass is 35.5. The maximum absolute atomic E-state index is 12.3. The Hall–Kier alpha value is -2.05. The summed E-state index contributed by atoms with van der Waals surface area (Å²) in [5, 5.41) is 3.05. The molecule has 2 aromatic carbocycles. The van der Waals surface area contributed by atoms with Crippen LogP contribution >= 0.6 is 11.6 Å². The van der Waals surface area contributed by atoms with E-state index < -0.39 is 10.0 Å². The zero-order valence-electron chi connectivity index (χ0n) is 14.3. The Balaban J connectivity index is 2.18. The Kier molecular flexibility index (Phi) is 6.08. The molecular weight excluding hydrogens is 360 g/mol. The van der Waals surface area contributed by atoms with Gasteiger partial charge in [0.1, 0.15) is 0 Å². The molecule has 0 heterocycles. The smallest absolute Gasteiger partial charge is 0.261 e. The third-order valence-electron chi connectivity index (χ3n) is 3.88. The molecule has 5 nitrogen and oxygen atoms in total. The number of carbonyl (C=O) groups excluding carboxylic acids is 1. The highest BCUT2D eigenvalue weighted by Gasteiger charge is 2.17. The Labute approximate surface area is 153 Å². The van der Waals surface area contributed by atoms with Crippen LogP contribution in [0.3, 0.4) is 0 Å². The van der Waals surface area contributed by atoms with Crippen LogP contribution in [0.1, 0.15) is 31.1 Å². The molecular formula is C18H21ClN2O3S. The van der Waals surface area contributed by atoms with Crippen LogP contribution in [0.4, 0.5) is 5.69 Å². The van der Waals surface area contributed by atoms with Gasteiger partial charge in [-0.15, -0.1) is 0 Å². The summed E-state index contributed by atoms with van der Waals surface area (Å²) in [6.45, 7) is 5.93. The van der Waals surface area contributed by atoms with Gasteiger partial charge in [0.2, 0.25) is 0 Å². The van der Waals surface area contributed by atoms with Gasteiger partial charge in [0.15, 0.2) is 0 Å². The van der Waals surface area contributed by atoms with E-state index in [0.29, 0.717) is 17.2 Å². The fourth-order valence-electron chi connectivity index (χ4n) is 2.03. The van der Waals surface area contributed by atoms with Crippen LogP contribution < -0.4 is 10.0 Å². The molecule has 0 bridgehead atoms. The van der Waals surface area contributed by atoms with E-state index >= 15 is 0 Å². The fraction of sp³-hybridized carbons (Fsp3) is 0.278. The maximum atomic E-state index is 12.3. The second kappa shape index (κ2) is 7.89. The Morgan fingerprint density at radius 3 is 2.24 bits per heavy atom. The molecule has 0 aliphatic heterocycles. The van der Waals surface area contributed by atoms with Crippen molar-refractivity contribution in [3.8, 4) is 0 Å². The summed E-state index contributed by atoms with van der Waals surface area (Å²) in [5.41, 5.74) is 0.596. The molecule has 0 saturated heterocycles. The average molecular weight is 381 g/mol. The number of carbonyl (C=O) groups is 1. The van der Waals surface area contributed by atoms with Gasteiger partial charge in [-0.25, -0.2) is 8.42 Å². The number of anilines is 1. The van der Waals surface area contributed by atoms with Crippen molar-refractivity contribution in [3.63, 3.8) is 0 Å². The first-order valence-corrected chi connectivity index (χ1v) is 9.75. The molecule has 25 heavy (non-hydrogen) atoms. The SMILES string of the molecule is CC(C)[C@H](C)NC(=O)c1ccc(NS(=O)(=O)c2ccccc2)cc1Cl. The summed E-state index contributed by atoms with van der Waals surface area (Å²) in [4.78, 5) is 12.4. The van der Waals surface area contributed by atoms with E-state index in [1.807, 2.05) is 20.8 Å². The van der Waals surface area contributed by atoms with Gasteiger partial charge in [0.25, 0.3) is 15.9 Å². The minimum atomic E-state index is -3.70. The summed E-state index contributed by atoms with van der Waals surface area (Å²) in [7, 11) is -3.70. The molecule has 1 atom stereocenters. The summed E-state index contributed by atoms with van der Waals surface area (Å²) in [5.74, 6) is 0.00310. The maximum Gasteiger partial charge on any atom is 0.261 e. The standard InChI is InChI=1S/C18H21ClN2O3S/c1-12(2)13(3)20-18(22)16-10-9-14(11-17(16)19)21-25(23,24)15-7-5-4-6-8-15/h4-13,21H,1-3H3,(H,20,22)/t13-/m0/s1. The summed E-state index contributed by atoms with van der Waals surface area (Å²) < 4.78 is 27.1. The van der Waals surface area contributed by atoms with Crippen LogP contribution in [0.2, 0.25) is 5.02 Å².